The van der Waals surface area contributed by atoms with Crippen molar-refractivity contribution in [1.82, 2.24) is 4.90 Å². The molecule has 2 atom stereocenters. The summed E-state index contributed by atoms with van der Waals surface area (Å²) in [6.45, 7) is 3.23. The summed E-state index contributed by atoms with van der Waals surface area (Å²) < 4.78 is 28.6. The number of carbonyl (C=O) groups is 2. The lowest BCUT2D eigenvalue weighted by Crippen LogP contribution is -2.48. The Bertz CT molecular complexity index is 743. The van der Waals surface area contributed by atoms with Crippen molar-refractivity contribution >= 4 is 21.7 Å². The topological polar surface area (TPSA) is 101 Å². The molecule has 1 amide bonds. The lowest BCUT2D eigenvalue weighted by Gasteiger charge is -2.33. The maximum absolute atomic E-state index is 12.6. The van der Waals surface area contributed by atoms with Gasteiger partial charge in [-0.1, -0.05) is 19.1 Å². The van der Waals surface area contributed by atoms with Crippen molar-refractivity contribution in [2.24, 2.45) is 0 Å². The predicted octanol–water partition coefficient (Wildman–Crippen LogP) is 1.15. The smallest absolute Gasteiger partial charge is 0.338 e. The standard InChI is InChI=1S/C18H25NO6S/c1-3-13(2)19(16-8-9-26(23,24)12-16)17(21)11-25-18(22)15-6-4-14(10-20)5-7-15/h4-7,13,16,20H,3,8-12H2,1-2H3/t13-,16-/m0/s1. The highest BCUT2D eigenvalue weighted by atomic mass is 32.2. The number of aliphatic hydroxyl groups is 1. The number of hydrogen-bond acceptors (Lipinski definition) is 6. The molecule has 1 aliphatic heterocycles. The van der Waals surface area contributed by atoms with Crippen molar-refractivity contribution in [1.29, 1.82) is 0 Å². The Morgan fingerprint density at radius 3 is 2.46 bits per heavy atom. The minimum Gasteiger partial charge on any atom is -0.452 e. The van der Waals surface area contributed by atoms with Gasteiger partial charge in [-0.25, -0.2) is 13.2 Å². The number of nitrogens with zero attached hydrogens (tertiary/aromatic N) is 1. The van der Waals surface area contributed by atoms with Gasteiger partial charge in [0, 0.05) is 12.1 Å². The predicted molar refractivity (Wildman–Crippen MR) is 96.3 cm³/mol. The third kappa shape index (κ3) is 5.04. The van der Waals surface area contributed by atoms with Gasteiger partial charge in [0.2, 0.25) is 0 Å². The van der Waals surface area contributed by atoms with Crippen LogP contribution in [-0.4, -0.2) is 60.5 Å². The van der Waals surface area contributed by atoms with E-state index in [0.29, 0.717) is 18.4 Å². The average molecular weight is 383 g/mol. The quantitative estimate of drug-likeness (QED) is 0.709. The fourth-order valence-electron chi connectivity index (χ4n) is 3.03. The molecule has 0 radical (unpaired) electrons. The molecule has 1 heterocycles. The molecule has 1 aromatic carbocycles. The van der Waals surface area contributed by atoms with Crippen LogP contribution in [0.1, 0.15) is 42.6 Å². The number of carbonyl (C=O) groups excluding carboxylic acids is 2. The van der Waals surface area contributed by atoms with E-state index in [-0.39, 0.29) is 41.7 Å². The number of aliphatic hydroxyl groups excluding tert-OH is 1. The molecule has 1 aliphatic rings. The molecule has 0 bridgehead atoms. The monoisotopic (exact) mass is 383 g/mol. The molecule has 0 spiro atoms. The van der Waals surface area contributed by atoms with Gasteiger partial charge in [0.25, 0.3) is 5.91 Å². The summed E-state index contributed by atoms with van der Waals surface area (Å²) in [7, 11) is -3.12. The molecule has 1 fully saturated rings. The summed E-state index contributed by atoms with van der Waals surface area (Å²) in [5.74, 6) is -0.984. The van der Waals surface area contributed by atoms with Crippen molar-refractivity contribution in [3.63, 3.8) is 0 Å². The second-order valence-electron chi connectivity index (χ2n) is 6.55. The average Bonchev–Trinajstić information content (AvgIpc) is 2.99. The Morgan fingerprint density at radius 2 is 1.96 bits per heavy atom. The zero-order valence-electron chi connectivity index (χ0n) is 15.1. The number of benzene rings is 1. The van der Waals surface area contributed by atoms with Crippen LogP contribution in [-0.2, 0) is 26.0 Å². The van der Waals surface area contributed by atoms with Gasteiger partial charge in [-0.2, -0.15) is 0 Å². The van der Waals surface area contributed by atoms with Crippen LogP contribution in [0, 0.1) is 0 Å². The molecular weight excluding hydrogens is 358 g/mol. The van der Waals surface area contributed by atoms with Crippen LogP contribution in [0.3, 0.4) is 0 Å². The van der Waals surface area contributed by atoms with Crippen LogP contribution in [0.2, 0.25) is 0 Å². The van der Waals surface area contributed by atoms with Crippen molar-refractivity contribution in [2.45, 2.75) is 45.4 Å². The summed E-state index contributed by atoms with van der Waals surface area (Å²) in [5, 5.41) is 9.01. The Balaban J connectivity index is 2.01. The fourth-order valence-corrected chi connectivity index (χ4v) is 4.74. The van der Waals surface area contributed by atoms with Crippen molar-refractivity contribution < 1.29 is 27.9 Å². The first-order chi connectivity index (χ1) is 12.3. The molecule has 144 valence electrons. The SMILES string of the molecule is CC[C@H](C)N(C(=O)COC(=O)c1ccc(CO)cc1)[C@H]1CCS(=O)(=O)C1. The molecule has 1 saturated heterocycles. The van der Waals surface area contributed by atoms with Crippen LogP contribution in [0.25, 0.3) is 0 Å². The largest absolute Gasteiger partial charge is 0.452 e. The molecule has 1 aromatic rings. The van der Waals surface area contributed by atoms with Crippen molar-refractivity contribution in [2.75, 3.05) is 18.1 Å². The lowest BCUT2D eigenvalue weighted by molar-refractivity contribution is -0.138. The molecule has 26 heavy (non-hydrogen) atoms. The molecule has 0 saturated carbocycles. The van der Waals surface area contributed by atoms with Crippen LogP contribution in [0.4, 0.5) is 0 Å². The van der Waals surface area contributed by atoms with Gasteiger partial charge < -0.3 is 14.7 Å². The van der Waals surface area contributed by atoms with Gasteiger partial charge in [-0.15, -0.1) is 0 Å². The van der Waals surface area contributed by atoms with E-state index in [9.17, 15) is 18.0 Å². The van der Waals surface area contributed by atoms with Gasteiger partial charge in [0.05, 0.1) is 23.7 Å². The normalized spacial score (nSPS) is 19.7. The highest BCUT2D eigenvalue weighted by Gasteiger charge is 2.36. The third-order valence-corrected chi connectivity index (χ3v) is 6.40. The number of esters is 1. The van der Waals surface area contributed by atoms with Crippen LogP contribution >= 0.6 is 0 Å². The first-order valence-corrected chi connectivity index (χ1v) is 10.5. The second kappa shape index (κ2) is 8.64. The van der Waals surface area contributed by atoms with E-state index in [4.69, 9.17) is 9.84 Å². The molecule has 8 heteroatoms. The Morgan fingerprint density at radius 1 is 1.31 bits per heavy atom. The Kier molecular flexibility index (Phi) is 6.77. The van der Waals surface area contributed by atoms with Gasteiger partial charge in [-0.3, -0.25) is 4.79 Å². The van der Waals surface area contributed by atoms with Crippen molar-refractivity contribution in [3.05, 3.63) is 35.4 Å². The van der Waals surface area contributed by atoms with E-state index in [1.54, 1.807) is 17.0 Å². The molecular formula is C18H25NO6S. The first kappa shape index (κ1) is 20.4. The number of sulfone groups is 1. The minimum absolute atomic E-state index is 0.0420. The summed E-state index contributed by atoms with van der Waals surface area (Å²) in [6, 6.07) is 5.75. The van der Waals surface area contributed by atoms with Gasteiger partial charge in [-0.05, 0) is 37.5 Å². The van der Waals surface area contributed by atoms with E-state index < -0.39 is 22.4 Å². The van der Waals surface area contributed by atoms with Crippen molar-refractivity contribution in [3.8, 4) is 0 Å². The first-order valence-electron chi connectivity index (χ1n) is 8.66. The van der Waals surface area contributed by atoms with E-state index in [1.165, 1.54) is 12.1 Å². The molecule has 0 unspecified atom stereocenters. The third-order valence-electron chi connectivity index (χ3n) is 4.65. The van der Waals surface area contributed by atoms with E-state index in [1.807, 2.05) is 13.8 Å². The number of rotatable bonds is 7. The van der Waals surface area contributed by atoms with E-state index in [2.05, 4.69) is 0 Å². The maximum atomic E-state index is 12.6. The number of hydrogen-bond donors (Lipinski definition) is 1. The highest BCUT2D eigenvalue weighted by Crippen LogP contribution is 2.21. The van der Waals surface area contributed by atoms with Gasteiger partial charge in [0.15, 0.2) is 16.4 Å². The molecule has 0 aromatic heterocycles. The summed E-state index contributed by atoms with van der Waals surface area (Å²) >= 11 is 0. The lowest BCUT2D eigenvalue weighted by atomic mass is 10.1. The molecule has 2 rings (SSSR count). The highest BCUT2D eigenvalue weighted by molar-refractivity contribution is 7.91. The Hall–Kier alpha value is -1.93. The maximum Gasteiger partial charge on any atom is 0.338 e. The summed E-state index contributed by atoms with van der Waals surface area (Å²) in [5.41, 5.74) is 0.955. The molecule has 1 N–H and O–H groups in total. The summed E-state index contributed by atoms with van der Waals surface area (Å²) in [6.07, 6.45) is 1.09. The van der Waals surface area contributed by atoms with E-state index >= 15 is 0 Å². The fraction of sp³-hybridized carbons (Fsp3) is 0.556. The molecule has 0 aliphatic carbocycles. The van der Waals surface area contributed by atoms with Gasteiger partial charge in [0.1, 0.15) is 0 Å². The van der Waals surface area contributed by atoms with Crippen LogP contribution in [0.5, 0.6) is 0 Å². The molecule has 7 nitrogen and oxygen atoms in total. The minimum atomic E-state index is -3.12. The number of ether oxygens (including phenoxy) is 1. The zero-order valence-corrected chi connectivity index (χ0v) is 15.9. The van der Waals surface area contributed by atoms with Crippen LogP contribution < -0.4 is 0 Å². The van der Waals surface area contributed by atoms with Gasteiger partial charge >= 0.3 is 5.97 Å². The Labute approximate surface area is 153 Å². The second-order valence-corrected chi connectivity index (χ2v) is 8.78. The van der Waals surface area contributed by atoms with Crippen LogP contribution in [0.15, 0.2) is 24.3 Å². The zero-order chi connectivity index (χ0) is 19.3. The summed E-state index contributed by atoms with van der Waals surface area (Å²) in [4.78, 5) is 26.2. The number of amides is 1. The van der Waals surface area contributed by atoms with E-state index in [0.717, 1.165) is 0 Å².